The van der Waals surface area contributed by atoms with Crippen LogP contribution in [-0.4, -0.2) is 6.61 Å². The van der Waals surface area contributed by atoms with Crippen molar-refractivity contribution < 1.29 is 4.74 Å². The normalized spacial score (nSPS) is 12.0. The van der Waals surface area contributed by atoms with Crippen LogP contribution in [0.25, 0.3) is 0 Å². The summed E-state index contributed by atoms with van der Waals surface area (Å²) in [6, 6.07) is 15.3. The molecule has 2 aromatic carbocycles. The van der Waals surface area contributed by atoms with E-state index in [4.69, 9.17) is 4.74 Å². The fourth-order valence-electron chi connectivity index (χ4n) is 2.46. The Labute approximate surface area is 128 Å². The van der Waals surface area contributed by atoms with Crippen molar-refractivity contribution in [3.05, 3.63) is 59.2 Å². The molecule has 112 valence electrons. The van der Waals surface area contributed by atoms with Crippen molar-refractivity contribution in [2.24, 2.45) is 0 Å². The zero-order valence-corrected chi connectivity index (χ0v) is 13.4. The van der Waals surface area contributed by atoms with Crippen LogP contribution in [0, 0.1) is 13.8 Å². The highest BCUT2D eigenvalue weighted by molar-refractivity contribution is 5.55. The topological polar surface area (TPSA) is 21.3 Å². The van der Waals surface area contributed by atoms with Gasteiger partial charge in [0.05, 0.1) is 12.6 Å². The molecule has 0 spiro atoms. The highest BCUT2D eigenvalue weighted by Gasteiger charge is 2.10. The van der Waals surface area contributed by atoms with Crippen molar-refractivity contribution in [3.63, 3.8) is 0 Å². The van der Waals surface area contributed by atoms with E-state index in [9.17, 15) is 0 Å². The van der Waals surface area contributed by atoms with Gasteiger partial charge in [0.25, 0.3) is 0 Å². The first-order valence-corrected chi connectivity index (χ1v) is 7.70. The second kappa shape index (κ2) is 7.16. The van der Waals surface area contributed by atoms with Crippen LogP contribution >= 0.6 is 0 Å². The molecule has 1 atom stereocenters. The summed E-state index contributed by atoms with van der Waals surface area (Å²) in [4.78, 5) is 0. The number of benzene rings is 2. The number of ether oxygens (including phenoxy) is 1. The van der Waals surface area contributed by atoms with Crippen LogP contribution in [0.2, 0.25) is 0 Å². The summed E-state index contributed by atoms with van der Waals surface area (Å²) in [5, 5.41) is 3.65. The minimum Gasteiger partial charge on any atom is -0.494 e. The minimum absolute atomic E-state index is 0.335. The van der Waals surface area contributed by atoms with Crippen molar-refractivity contribution in [1.29, 1.82) is 0 Å². The summed E-state index contributed by atoms with van der Waals surface area (Å²) >= 11 is 0. The van der Waals surface area contributed by atoms with Crippen LogP contribution in [0.3, 0.4) is 0 Å². The average Bonchev–Trinajstić information content (AvgIpc) is 2.48. The molecule has 0 aliphatic carbocycles. The van der Waals surface area contributed by atoms with Gasteiger partial charge in [0, 0.05) is 5.69 Å². The Bertz CT molecular complexity index is 575. The third kappa shape index (κ3) is 4.01. The standard InChI is InChI=1S/C19H25NO/c1-5-18(16-9-7-14(3)8-10-16)20-19-12-11-17(21-6-2)13-15(19)4/h7-13,18,20H,5-6H2,1-4H3. The van der Waals surface area contributed by atoms with Crippen molar-refractivity contribution in [3.8, 4) is 5.75 Å². The lowest BCUT2D eigenvalue weighted by molar-refractivity contribution is 0.340. The second-order valence-electron chi connectivity index (χ2n) is 5.43. The Balaban J connectivity index is 2.16. The van der Waals surface area contributed by atoms with E-state index >= 15 is 0 Å². The average molecular weight is 283 g/mol. The van der Waals surface area contributed by atoms with E-state index in [0.717, 1.165) is 12.2 Å². The van der Waals surface area contributed by atoms with Crippen molar-refractivity contribution in [2.75, 3.05) is 11.9 Å². The second-order valence-corrected chi connectivity index (χ2v) is 5.43. The molecule has 1 N–H and O–H groups in total. The summed E-state index contributed by atoms with van der Waals surface area (Å²) in [7, 11) is 0. The summed E-state index contributed by atoms with van der Waals surface area (Å²) < 4.78 is 5.54. The molecular weight excluding hydrogens is 258 g/mol. The zero-order chi connectivity index (χ0) is 15.2. The number of nitrogens with one attached hydrogen (secondary N) is 1. The van der Waals surface area contributed by atoms with E-state index in [-0.39, 0.29) is 0 Å². The molecule has 0 radical (unpaired) electrons. The van der Waals surface area contributed by atoms with Gasteiger partial charge in [-0.05, 0) is 56.5 Å². The lowest BCUT2D eigenvalue weighted by Crippen LogP contribution is -2.10. The Kier molecular flexibility index (Phi) is 5.26. The highest BCUT2D eigenvalue weighted by atomic mass is 16.5. The van der Waals surface area contributed by atoms with Gasteiger partial charge in [-0.25, -0.2) is 0 Å². The molecule has 21 heavy (non-hydrogen) atoms. The largest absolute Gasteiger partial charge is 0.494 e. The van der Waals surface area contributed by atoms with Gasteiger partial charge >= 0.3 is 0 Å². The summed E-state index contributed by atoms with van der Waals surface area (Å²) in [6.07, 6.45) is 1.05. The molecule has 0 bridgehead atoms. The predicted octanol–water partition coefficient (Wildman–Crippen LogP) is 5.27. The van der Waals surface area contributed by atoms with Gasteiger partial charge in [-0.3, -0.25) is 0 Å². The molecule has 0 saturated heterocycles. The SMILES string of the molecule is CCOc1ccc(NC(CC)c2ccc(C)cc2)c(C)c1. The molecule has 0 aliphatic heterocycles. The summed E-state index contributed by atoms with van der Waals surface area (Å²) in [5.41, 5.74) is 5.01. The quantitative estimate of drug-likeness (QED) is 0.780. The molecule has 0 aliphatic rings. The molecule has 0 saturated carbocycles. The molecule has 2 rings (SSSR count). The van der Waals surface area contributed by atoms with Gasteiger partial charge in [0.1, 0.15) is 5.75 Å². The maximum Gasteiger partial charge on any atom is 0.119 e. The molecule has 2 nitrogen and oxygen atoms in total. The van der Waals surface area contributed by atoms with Crippen molar-refractivity contribution >= 4 is 5.69 Å². The van der Waals surface area contributed by atoms with Crippen molar-refractivity contribution in [1.82, 2.24) is 0 Å². The first-order valence-electron chi connectivity index (χ1n) is 7.70. The van der Waals surface area contributed by atoms with E-state index in [1.54, 1.807) is 0 Å². The number of hydrogen-bond acceptors (Lipinski definition) is 2. The summed E-state index contributed by atoms with van der Waals surface area (Å²) in [6.45, 7) is 9.15. The Morgan fingerprint density at radius 1 is 1.00 bits per heavy atom. The van der Waals surface area contributed by atoms with E-state index in [1.165, 1.54) is 22.4 Å². The van der Waals surface area contributed by atoms with Gasteiger partial charge in [-0.15, -0.1) is 0 Å². The maximum atomic E-state index is 5.54. The van der Waals surface area contributed by atoms with E-state index in [0.29, 0.717) is 12.6 Å². The van der Waals surface area contributed by atoms with Crippen LogP contribution in [0.4, 0.5) is 5.69 Å². The van der Waals surface area contributed by atoms with Gasteiger partial charge in [-0.1, -0.05) is 36.8 Å². The summed E-state index contributed by atoms with van der Waals surface area (Å²) in [5.74, 6) is 0.934. The predicted molar refractivity (Wildman–Crippen MR) is 90.2 cm³/mol. The van der Waals surface area contributed by atoms with Crippen LogP contribution in [-0.2, 0) is 0 Å². The molecular formula is C19H25NO. The van der Waals surface area contributed by atoms with Crippen LogP contribution in [0.1, 0.15) is 43.0 Å². The Morgan fingerprint density at radius 2 is 1.71 bits per heavy atom. The molecule has 0 heterocycles. The maximum absolute atomic E-state index is 5.54. The Morgan fingerprint density at radius 3 is 2.29 bits per heavy atom. The third-order valence-corrected chi connectivity index (χ3v) is 3.73. The van der Waals surface area contributed by atoms with Crippen molar-refractivity contribution in [2.45, 2.75) is 40.2 Å². The molecule has 0 aromatic heterocycles. The molecule has 0 amide bonds. The number of hydrogen-bond donors (Lipinski definition) is 1. The van der Waals surface area contributed by atoms with E-state index in [1.807, 2.05) is 13.0 Å². The fourth-order valence-corrected chi connectivity index (χ4v) is 2.46. The monoisotopic (exact) mass is 283 g/mol. The number of aryl methyl sites for hydroxylation is 2. The molecule has 0 fully saturated rings. The van der Waals surface area contributed by atoms with Gasteiger partial charge in [0.2, 0.25) is 0 Å². The lowest BCUT2D eigenvalue weighted by atomic mass is 10.0. The first-order chi connectivity index (χ1) is 10.1. The number of rotatable bonds is 6. The number of anilines is 1. The molecule has 1 unspecified atom stereocenters. The van der Waals surface area contributed by atoms with Gasteiger partial charge in [-0.2, -0.15) is 0 Å². The Hall–Kier alpha value is -1.96. The van der Waals surface area contributed by atoms with E-state index in [2.05, 4.69) is 62.5 Å². The van der Waals surface area contributed by atoms with Gasteiger partial charge in [0.15, 0.2) is 0 Å². The lowest BCUT2D eigenvalue weighted by Gasteiger charge is -2.21. The van der Waals surface area contributed by atoms with Crippen LogP contribution in [0.15, 0.2) is 42.5 Å². The van der Waals surface area contributed by atoms with Crippen LogP contribution < -0.4 is 10.1 Å². The third-order valence-electron chi connectivity index (χ3n) is 3.73. The molecule has 2 heteroatoms. The first kappa shape index (κ1) is 15.4. The smallest absolute Gasteiger partial charge is 0.119 e. The van der Waals surface area contributed by atoms with E-state index < -0.39 is 0 Å². The fraction of sp³-hybridized carbons (Fsp3) is 0.368. The van der Waals surface area contributed by atoms with Gasteiger partial charge < -0.3 is 10.1 Å². The highest BCUT2D eigenvalue weighted by Crippen LogP contribution is 2.27. The zero-order valence-electron chi connectivity index (χ0n) is 13.4. The minimum atomic E-state index is 0.335. The van der Waals surface area contributed by atoms with Crippen LogP contribution in [0.5, 0.6) is 5.75 Å². The molecule has 2 aromatic rings.